The van der Waals surface area contributed by atoms with Gasteiger partial charge in [0.25, 0.3) is 0 Å². The molecule has 0 amide bonds. The molecule has 2 atom stereocenters. The second-order valence-electron chi connectivity index (χ2n) is 5.71. The molecule has 1 nitrogen and oxygen atoms in total. The third kappa shape index (κ3) is 1.16. The number of rotatable bonds is 2. The zero-order valence-electron chi connectivity index (χ0n) is 8.47. The van der Waals surface area contributed by atoms with Crippen LogP contribution in [0.5, 0.6) is 0 Å². The summed E-state index contributed by atoms with van der Waals surface area (Å²) in [7, 11) is 0. The molecule has 0 aromatic heterocycles. The standard InChI is InChI=1S/C12H21N/c13-8-12(11-3-1-2-4-11)6-9-5-10(9)7-12/h9-11H,1-8,13H2. The Kier molecular flexibility index (Phi) is 1.74. The molecule has 0 aromatic carbocycles. The van der Waals surface area contributed by atoms with Crippen molar-refractivity contribution in [3.05, 3.63) is 0 Å². The van der Waals surface area contributed by atoms with Crippen LogP contribution in [0, 0.1) is 23.2 Å². The van der Waals surface area contributed by atoms with Gasteiger partial charge in [-0.15, -0.1) is 0 Å². The average Bonchev–Trinajstić information content (AvgIpc) is 2.65. The monoisotopic (exact) mass is 179 g/mol. The lowest BCUT2D eigenvalue weighted by molar-refractivity contribution is 0.158. The van der Waals surface area contributed by atoms with Gasteiger partial charge in [-0.1, -0.05) is 12.8 Å². The highest BCUT2D eigenvalue weighted by Crippen LogP contribution is 2.63. The Hall–Kier alpha value is -0.0400. The summed E-state index contributed by atoms with van der Waals surface area (Å²) in [4.78, 5) is 0. The first kappa shape index (κ1) is 8.28. The molecule has 0 radical (unpaired) electrons. The van der Waals surface area contributed by atoms with Crippen LogP contribution in [0.3, 0.4) is 0 Å². The predicted molar refractivity (Wildman–Crippen MR) is 54.3 cm³/mol. The van der Waals surface area contributed by atoms with Gasteiger partial charge in [0.1, 0.15) is 0 Å². The van der Waals surface area contributed by atoms with Gasteiger partial charge in [0, 0.05) is 0 Å². The number of nitrogens with two attached hydrogens (primary N) is 1. The maximum Gasteiger partial charge on any atom is -0.00177 e. The lowest BCUT2D eigenvalue weighted by atomic mass is 9.71. The molecule has 0 saturated heterocycles. The van der Waals surface area contributed by atoms with Crippen LogP contribution in [0.15, 0.2) is 0 Å². The van der Waals surface area contributed by atoms with Gasteiger partial charge in [-0.3, -0.25) is 0 Å². The molecular weight excluding hydrogens is 158 g/mol. The Morgan fingerprint density at radius 2 is 1.69 bits per heavy atom. The maximum atomic E-state index is 6.03. The summed E-state index contributed by atoms with van der Waals surface area (Å²) in [6, 6.07) is 0. The van der Waals surface area contributed by atoms with Gasteiger partial charge in [-0.2, -0.15) is 0 Å². The van der Waals surface area contributed by atoms with Crippen molar-refractivity contribution in [2.45, 2.75) is 44.9 Å². The van der Waals surface area contributed by atoms with Crippen molar-refractivity contribution in [3.63, 3.8) is 0 Å². The fourth-order valence-corrected chi connectivity index (χ4v) is 4.14. The van der Waals surface area contributed by atoms with Gasteiger partial charge in [0.05, 0.1) is 0 Å². The molecule has 2 unspecified atom stereocenters. The molecule has 0 aliphatic heterocycles. The third-order valence-corrected chi connectivity index (χ3v) is 5.03. The molecule has 3 saturated carbocycles. The van der Waals surface area contributed by atoms with Crippen molar-refractivity contribution in [3.8, 4) is 0 Å². The lowest BCUT2D eigenvalue weighted by Crippen LogP contribution is -2.35. The summed E-state index contributed by atoms with van der Waals surface area (Å²) in [6.45, 7) is 0.977. The molecule has 3 fully saturated rings. The Bertz CT molecular complexity index is 195. The summed E-state index contributed by atoms with van der Waals surface area (Å²) in [5.74, 6) is 3.21. The zero-order valence-corrected chi connectivity index (χ0v) is 8.47. The van der Waals surface area contributed by atoms with E-state index >= 15 is 0 Å². The van der Waals surface area contributed by atoms with E-state index in [0.717, 1.165) is 24.3 Å². The molecule has 1 heteroatoms. The highest BCUT2D eigenvalue weighted by Gasteiger charge is 2.55. The van der Waals surface area contributed by atoms with Crippen molar-refractivity contribution in [1.29, 1.82) is 0 Å². The zero-order chi connectivity index (χ0) is 8.89. The van der Waals surface area contributed by atoms with Crippen LogP contribution in [0.4, 0.5) is 0 Å². The first-order valence-electron chi connectivity index (χ1n) is 6.04. The molecular formula is C12H21N. The Labute approximate surface area is 81.1 Å². The highest BCUT2D eigenvalue weighted by atomic mass is 14.7. The summed E-state index contributed by atoms with van der Waals surface area (Å²) in [6.07, 6.45) is 10.4. The molecule has 74 valence electrons. The lowest BCUT2D eigenvalue weighted by Gasteiger charge is -2.36. The molecule has 2 N–H and O–H groups in total. The SMILES string of the molecule is NCC1(C2CCCC2)CC2CC2C1. The van der Waals surface area contributed by atoms with E-state index < -0.39 is 0 Å². The molecule has 0 spiro atoms. The van der Waals surface area contributed by atoms with Crippen LogP contribution in [-0.4, -0.2) is 6.54 Å². The van der Waals surface area contributed by atoms with Crippen molar-refractivity contribution in [2.75, 3.05) is 6.54 Å². The van der Waals surface area contributed by atoms with Gasteiger partial charge in [0.2, 0.25) is 0 Å². The largest absolute Gasteiger partial charge is 0.330 e. The quantitative estimate of drug-likeness (QED) is 0.692. The van der Waals surface area contributed by atoms with E-state index in [0.29, 0.717) is 5.41 Å². The maximum absolute atomic E-state index is 6.03. The van der Waals surface area contributed by atoms with Gasteiger partial charge >= 0.3 is 0 Å². The van der Waals surface area contributed by atoms with E-state index in [9.17, 15) is 0 Å². The molecule has 13 heavy (non-hydrogen) atoms. The fourth-order valence-electron chi connectivity index (χ4n) is 4.14. The fraction of sp³-hybridized carbons (Fsp3) is 1.00. The van der Waals surface area contributed by atoms with E-state index in [1.165, 1.54) is 44.9 Å². The minimum Gasteiger partial charge on any atom is -0.330 e. The van der Waals surface area contributed by atoms with Crippen LogP contribution in [0.25, 0.3) is 0 Å². The Balaban J connectivity index is 1.76. The minimum absolute atomic E-state index is 0.615. The van der Waals surface area contributed by atoms with Crippen molar-refractivity contribution in [1.82, 2.24) is 0 Å². The van der Waals surface area contributed by atoms with Crippen LogP contribution >= 0.6 is 0 Å². The van der Waals surface area contributed by atoms with Crippen LogP contribution in [0.2, 0.25) is 0 Å². The van der Waals surface area contributed by atoms with Crippen molar-refractivity contribution in [2.24, 2.45) is 28.9 Å². The first-order valence-corrected chi connectivity index (χ1v) is 6.04. The smallest absolute Gasteiger partial charge is 0.00177 e. The molecule has 3 aliphatic carbocycles. The second kappa shape index (κ2) is 2.73. The van der Waals surface area contributed by atoms with Gasteiger partial charge in [-0.25, -0.2) is 0 Å². The predicted octanol–water partition coefficient (Wildman–Crippen LogP) is 2.55. The van der Waals surface area contributed by atoms with E-state index in [4.69, 9.17) is 5.73 Å². The van der Waals surface area contributed by atoms with Crippen LogP contribution in [-0.2, 0) is 0 Å². The normalized spacial score (nSPS) is 49.6. The highest BCUT2D eigenvalue weighted by molar-refractivity contribution is 5.06. The summed E-state index contributed by atoms with van der Waals surface area (Å²) in [5, 5.41) is 0. The van der Waals surface area contributed by atoms with E-state index in [-0.39, 0.29) is 0 Å². The Morgan fingerprint density at radius 1 is 1.08 bits per heavy atom. The summed E-state index contributed by atoms with van der Waals surface area (Å²) >= 11 is 0. The van der Waals surface area contributed by atoms with E-state index in [1.54, 1.807) is 0 Å². The first-order chi connectivity index (χ1) is 6.34. The van der Waals surface area contributed by atoms with E-state index in [1.807, 2.05) is 0 Å². The number of hydrogen-bond donors (Lipinski definition) is 1. The topological polar surface area (TPSA) is 26.0 Å². The second-order valence-corrected chi connectivity index (χ2v) is 5.71. The summed E-state index contributed by atoms with van der Waals surface area (Å²) < 4.78 is 0. The molecule has 0 aromatic rings. The van der Waals surface area contributed by atoms with Gasteiger partial charge in [-0.05, 0) is 61.8 Å². The van der Waals surface area contributed by atoms with Crippen molar-refractivity contribution >= 4 is 0 Å². The minimum atomic E-state index is 0.615. The van der Waals surface area contributed by atoms with Crippen molar-refractivity contribution < 1.29 is 0 Å². The average molecular weight is 179 g/mol. The third-order valence-electron chi connectivity index (χ3n) is 5.03. The van der Waals surface area contributed by atoms with Gasteiger partial charge in [0.15, 0.2) is 0 Å². The molecule has 3 rings (SSSR count). The van der Waals surface area contributed by atoms with E-state index in [2.05, 4.69) is 0 Å². The molecule has 3 aliphatic rings. The van der Waals surface area contributed by atoms with Gasteiger partial charge < -0.3 is 5.73 Å². The van der Waals surface area contributed by atoms with Crippen LogP contribution < -0.4 is 5.73 Å². The van der Waals surface area contributed by atoms with Crippen LogP contribution in [0.1, 0.15) is 44.9 Å². The Morgan fingerprint density at radius 3 is 2.23 bits per heavy atom. The number of fused-ring (bicyclic) bond motifs is 1. The number of hydrogen-bond acceptors (Lipinski definition) is 1. The molecule has 0 heterocycles. The molecule has 0 bridgehead atoms. The summed E-state index contributed by atoms with van der Waals surface area (Å²) in [5.41, 5.74) is 6.65.